The van der Waals surface area contributed by atoms with E-state index in [-0.39, 0.29) is 25.4 Å². The summed E-state index contributed by atoms with van der Waals surface area (Å²) in [6.07, 6.45) is 0. The second kappa shape index (κ2) is 6.93. The van der Waals surface area contributed by atoms with Crippen molar-refractivity contribution in [3.8, 4) is 11.8 Å². The van der Waals surface area contributed by atoms with Crippen molar-refractivity contribution >= 4 is 11.6 Å². The zero-order valence-electron chi connectivity index (χ0n) is 9.96. The SMILES string of the molecule is N#CCNC(=O)COc1ccc([N+](=O)[O-])cc1CN. The fraction of sp³-hybridized carbons (Fsp3) is 0.273. The van der Waals surface area contributed by atoms with Gasteiger partial charge in [0, 0.05) is 24.2 Å². The first kappa shape index (κ1) is 14.4. The summed E-state index contributed by atoms with van der Waals surface area (Å²) in [5.74, 6) is -0.150. The van der Waals surface area contributed by atoms with Crippen molar-refractivity contribution in [2.75, 3.05) is 13.2 Å². The molecule has 0 aromatic heterocycles. The predicted octanol–water partition coefficient (Wildman–Crippen LogP) is 0.0721. The van der Waals surface area contributed by atoms with Crippen LogP contribution in [0.2, 0.25) is 0 Å². The van der Waals surface area contributed by atoms with E-state index in [4.69, 9.17) is 15.7 Å². The number of nitrogens with zero attached hydrogens (tertiary/aromatic N) is 2. The van der Waals surface area contributed by atoms with E-state index in [1.165, 1.54) is 18.2 Å². The van der Waals surface area contributed by atoms with Crippen molar-refractivity contribution in [3.05, 3.63) is 33.9 Å². The van der Waals surface area contributed by atoms with Gasteiger partial charge in [0.15, 0.2) is 6.61 Å². The number of carbonyl (C=O) groups excluding carboxylic acids is 1. The predicted molar refractivity (Wildman–Crippen MR) is 65.1 cm³/mol. The molecule has 0 saturated carbocycles. The molecular formula is C11H12N4O4. The minimum absolute atomic E-state index is 0.0524. The number of nitrogens with two attached hydrogens (primary N) is 1. The number of carbonyl (C=O) groups is 1. The molecule has 3 N–H and O–H groups in total. The summed E-state index contributed by atoms with van der Waals surface area (Å²) in [4.78, 5) is 21.3. The highest BCUT2D eigenvalue weighted by atomic mass is 16.6. The Morgan fingerprint density at radius 2 is 2.32 bits per heavy atom. The van der Waals surface area contributed by atoms with Crippen molar-refractivity contribution in [2.24, 2.45) is 5.73 Å². The summed E-state index contributed by atoms with van der Waals surface area (Å²) in [5, 5.41) is 21.2. The van der Waals surface area contributed by atoms with E-state index in [0.29, 0.717) is 11.3 Å². The van der Waals surface area contributed by atoms with Crippen molar-refractivity contribution in [3.63, 3.8) is 0 Å². The average molecular weight is 264 g/mol. The summed E-state index contributed by atoms with van der Waals surface area (Å²) in [5.41, 5.74) is 5.80. The van der Waals surface area contributed by atoms with E-state index in [0.717, 1.165) is 0 Å². The van der Waals surface area contributed by atoms with Crippen LogP contribution in [0.5, 0.6) is 5.75 Å². The van der Waals surface area contributed by atoms with Gasteiger partial charge in [-0.15, -0.1) is 0 Å². The molecular weight excluding hydrogens is 252 g/mol. The fourth-order valence-corrected chi connectivity index (χ4v) is 1.31. The summed E-state index contributed by atoms with van der Waals surface area (Å²) in [6.45, 7) is -0.338. The number of nitro groups is 1. The second-order valence-electron chi connectivity index (χ2n) is 3.48. The number of rotatable bonds is 6. The monoisotopic (exact) mass is 264 g/mol. The van der Waals surface area contributed by atoms with E-state index in [2.05, 4.69) is 5.32 Å². The lowest BCUT2D eigenvalue weighted by atomic mass is 10.2. The molecule has 0 aliphatic heterocycles. The molecule has 1 rings (SSSR count). The van der Waals surface area contributed by atoms with Gasteiger partial charge in [0.05, 0.1) is 11.0 Å². The highest BCUT2D eigenvalue weighted by Gasteiger charge is 2.11. The Kier molecular flexibility index (Phi) is 5.25. The molecule has 100 valence electrons. The van der Waals surface area contributed by atoms with E-state index in [1.807, 2.05) is 0 Å². The van der Waals surface area contributed by atoms with Crippen molar-refractivity contribution in [2.45, 2.75) is 6.54 Å². The summed E-state index contributed by atoms with van der Waals surface area (Å²) >= 11 is 0. The number of benzene rings is 1. The lowest BCUT2D eigenvalue weighted by molar-refractivity contribution is -0.384. The average Bonchev–Trinajstić information content (AvgIpc) is 2.42. The van der Waals surface area contributed by atoms with Crippen LogP contribution in [0.25, 0.3) is 0 Å². The van der Waals surface area contributed by atoms with Crippen molar-refractivity contribution in [1.82, 2.24) is 5.32 Å². The standard InChI is InChI=1S/C11H12N4O4/c12-3-4-14-11(16)7-19-10-2-1-9(15(17)18)5-8(10)6-13/h1-2,5H,4,6-7,13H2,(H,14,16). The molecule has 0 bridgehead atoms. The van der Waals surface area contributed by atoms with E-state index < -0.39 is 10.8 Å². The Morgan fingerprint density at radius 3 is 2.89 bits per heavy atom. The molecule has 0 unspecified atom stereocenters. The molecule has 8 nitrogen and oxygen atoms in total. The highest BCUT2D eigenvalue weighted by Crippen LogP contribution is 2.23. The number of hydrogen-bond acceptors (Lipinski definition) is 6. The fourth-order valence-electron chi connectivity index (χ4n) is 1.31. The van der Waals surface area contributed by atoms with Crippen LogP contribution >= 0.6 is 0 Å². The Morgan fingerprint density at radius 1 is 1.58 bits per heavy atom. The van der Waals surface area contributed by atoms with Crippen molar-refractivity contribution < 1.29 is 14.5 Å². The molecule has 0 aliphatic carbocycles. The van der Waals surface area contributed by atoms with Crippen LogP contribution in [0.1, 0.15) is 5.56 Å². The normalized spacial score (nSPS) is 9.47. The smallest absolute Gasteiger partial charge is 0.270 e. The quantitative estimate of drug-likeness (QED) is 0.424. The third kappa shape index (κ3) is 4.25. The largest absolute Gasteiger partial charge is 0.483 e. The molecule has 0 saturated heterocycles. The van der Waals surface area contributed by atoms with Gasteiger partial charge < -0.3 is 15.8 Å². The lowest BCUT2D eigenvalue weighted by Crippen LogP contribution is -2.29. The molecule has 0 fully saturated rings. The summed E-state index contributed by atoms with van der Waals surface area (Å²) in [6, 6.07) is 5.70. The number of ether oxygens (including phenoxy) is 1. The molecule has 0 radical (unpaired) electrons. The first-order chi connectivity index (χ1) is 9.08. The van der Waals surface area contributed by atoms with Crippen LogP contribution < -0.4 is 15.8 Å². The van der Waals surface area contributed by atoms with Crippen LogP contribution in [-0.2, 0) is 11.3 Å². The Balaban J connectivity index is 2.71. The minimum Gasteiger partial charge on any atom is -0.483 e. The number of nitriles is 1. The second-order valence-corrected chi connectivity index (χ2v) is 3.48. The Bertz CT molecular complexity index is 524. The van der Waals surface area contributed by atoms with Gasteiger partial charge >= 0.3 is 0 Å². The molecule has 1 aromatic carbocycles. The van der Waals surface area contributed by atoms with Gasteiger partial charge in [-0.3, -0.25) is 14.9 Å². The molecule has 0 atom stereocenters. The zero-order chi connectivity index (χ0) is 14.3. The first-order valence-electron chi connectivity index (χ1n) is 5.32. The van der Waals surface area contributed by atoms with E-state index in [9.17, 15) is 14.9 Å². The van der Waals surface area contributed by atoms with Gasteiger partial charge in [-0.05, 0) is 6.07 Å². The number of non-ortho nitro benzene ring substituents is 1. The van der Waals surface area contributed by atoms with Gasteiger partial charge in [-0.1, -0.05) is 0 Å². The van der Waals surface area contributed by atoms with Crippen LogP contribution in [0.4, 0.5) is 5.69 Å². The van der Waals surface area contributed by atoms with E-state index >= 15 is 0 Å². The maximum absolute atomic E-state index is 11.2. The molecule has 0 aliphatic rings. The summed E-state index contributed by atoms with van der Waals surface area (Å²) < 4.78 is 5.20. The van der Waals surface area contributed by atoms with Crippen LogP contribution in [-0.4, -0.2) is 24.0 Å². The Labute approximate surface area is 108 Å². The third-order valence-electron chi connectivity index (χ3n) is 2.20. The minimum atomic E-state index is -0.539. The molecule has 8 heteroatoms. The number of nitro benzene ring substituents is 1. The number of hydrogen-bond donors (Lipinski definition) is 2. The third-order valence-corrected chi connectivity index (χ3v) is 2.20. The van der Waals surface area contributed by atoms with Crippen molar-refractivity contribution in [1.29, 1.82) is 5.26 Å². The zero-order valence-corrected chi connectivity index (χ0v) is 9.96. The van der Waals surface area contributed by atoms with Crippen LogP contribution in [0.3, 0.4) is 0 Å². The molecule has 19 heavy (non-hydrogen) atoms. The highest BCUT2D eigenvalue weighted by molar-refractivity contribution is 5.77. The van der Waals surface area contributed by atoms with Gasteiger partial charge in [0.2, 0.25) is 0 Å². The number of amides is 1. The van der Waals surface area contributed by atoms with Crippen LogP contribution in [0.15, 0.2) is 18.2 Å². The lowest BCUT2D eigenvalue weighted by Gasteiger charge is -2.09. The molecule has 1 aromatic rings. The summed E-state index contributed by atoms with van der Waals surface area (Å²) in [7, 11) is 0. The maximum atomic E-state index is 11.2. The molecule has 1 amide bonds. The Hall–Kier alpha value is -2.66. The topological polar surface area (TPSA) is 131 Å². The number of nitrogens with one attached hydrogen (secondary N) is 1. The first-order valence-corrected chi connectivity index (χ1v) is 5.32. The van der Waals surface area contributed by atoms with Gasteiger partial charge in [-0.2, -0.15) is 5.26 Å². The van der Waals surface area contributed by atoms with Gasteiger partial charge in [0.25, 0.3) is 11.6 Å². The van der Waals surface area contributed by atoms with Gasteiger partial charge in [-0.25, -0.2) is 0 Å². The van der Waals surface area contributed by atoms with Gasteiger partial charge in [0.1, 0.15) is 12.3 Å². The maximum Gasteiger partial charge on any atom is 0.270 e. The van der Waals surface area contributed by atoms with E-state index in [1.54, 1.807) is 6.07 Å². The molecule has 0 spiro atoms. The molecule has 0 heterocycles. The van der Waals surface area contributed by atoms with Crippen LogP contribution in [0, 0.1) is 21.4 Å².